The number of hydrogen-bond acceptors (Lipinski definition) is 7. The summed E-state index contributed by atoms with van der Waals surface area (Å²) in [5.41, 5.74) is 3.61. The summed E-state index contributed by atoms with van der Waals surface area (Å²) in [5, 5.41) is 1.91. The number of nitrogens with zero attached hydrogens (tertiary/aromatic N) is 6. The molecule has 5 heterocycles. The number of hydrogen-bond donors (Lipinski definition) is 0. The van der Waals surface area contributed by atoms with Gasteiger partial charge < -0.3 is 14.4 Å². The molecule has 2 aliphatic rings. The minimum absolute atomic E-state index is 0.187. The second-order valence-corrected chi connectivity index (χ2v) is 8.72. The average molecular weight is 423 g/mol. The van der Waals surface area contributed by atoms with Crippen LogP contribution in [0.15, 0.2) is 46.4 Å². The highest BCUT2D eigenvalue weighted by Crippen LogP contribution is 2.36. The van der Waals surface area contributed by atoms with Gasteiger partial charge in [-0.3, -0.25) is 9.59 Å². The van der Waals surface area contributed by atoms with Gasteiger partial charge in [0.2, 0.25) is 0 Å². The first kappa shape index (κ1) is 18.9. The Morgan fingerprint density at radius 1 is 1.23 bits per heavy atom. The molecule has 30 heavy (non-hydrogen) atoms. The van der Waals surface area contributed by atoms with Gasteiger partial charge in [0.1, 0.15) is 17.7 Å². The molecule has 1 saturated heterocycles. The van der Waals surface area contributed by atoms with Gasteiger partial charge in [-0.25, -0.2) is 15.0 Å². The van der Waals surface area contributed by atoms with Crippen LogP contribution >= 0.6 is 11.3 Å². The highest BCUT2D eigenvalue weighted by Gasteiger charge is 2.36. The molecule has 5 rings (SSSR count). The maximum Gasteiger partial charge on any atom is 0.263 e. The fourth-order valence-electron chi connectivity index (χ4n) is 4.60. The first-order valence-electron chi connectivity index (χ1n) is 9.97. The minimum atomic E-state index is -0.262. The van der Waals surface area contributed by atoms with Gasteiger partial charge in [-0.1, -0.05) is 0 Å². The number of carbonyl (C=O) groups is 1. The van der Waals surface area contributed by atoms with E-state index >= 15 is 0 Å². The van der Waals surface area contributed by atoms with E-state index in [1.165, 1.54) is 11.3 Å². The van der Waals surface area contributed by atoms with Crippen LogP contribution in [0.25, 0.3) is 0 Å². The maximum absolute atomic E-state index is 13.2. The van der Waals surface area contributed by atoms with E-state index in [1.54, 1.807) is 36.0 Å². The van der Waals surface area contributed by atoms with E-state index in [2.05, 4.69) is 19.9 Å². The molecule has 2 atom stereocenters. The summed E-state index contributed by atoms with van der Waals surface area (Å²) in [6, 6.07) is 5.57. The summed E-state index contributed by atoms with van der Waals surface area (Å²) < 4.78 is 1.82. The lowest BCUT2D eigenvalue weighted by atomic mass is 9.83. The van der Waals surface area contributed by atoms with Crippen molar-refractivity contribution < 1.29 is 4.79 Å². The number of pyridine rings is 1. The van der Waals surface area contributed by atoms with Crippen LogP contribution in [0.2, 0.25) is 0 Å². The molecule has 1 amide bonds. The molecule has 0 saturated carbocycles. The van der Waals surface area contributed by atoms with E-state index in [0.29, 0.717) is 19.0 Å². The van der Waals surface area contributed by atoms with Crippen molar-refractivity contribution in [3.8, 4) is 0 Å². The quantitative estimate of drug-likeness (QED) is 0.639. The molecule has 0 spiro atoms. The summed E-state index contributed by atoms with van der Waals surface area (Å²) in [5.74, 6) is 1.26. The SMILES string of the molecule is CN(Cc1cscn1)C(=O)c1ccc2n(c1=O)C[C@H]1C[C@@H]2CN(c2ccncn2)C1. The van der Waals surface area contributed by atoms with Crippen molar-refractivity contribution in [3.05, 3.63) is 68.9 Å². The summed E-state index contributed by atoms with van der Waals surface area (Å²) in [6.45, 7) is 2.68. The Hall–Kier alpha value is -3.07. The van der Waals surface area contributed by atoms with Crippen molar-refractivity contribution in [2.75, 3.05) is 25.0 Å². The number of fused-ring (bicyclic) bond motifs is 4. The van der Waals surface area contributed by atoms with Crippen molar-refractivity contribution in [3.63, 3.8) is 0 Å². The molecule has 0 aliphatic carbocycles. The number of rotatable bonds is 4. The summed E-state index contributed by atoms with van der Waals surface area (Å²) in [4.78, 5) is 42.6. The molecular weight excluding hydrogens is 400 g/mol. The van der Waals surface area contributed by atoms with Crippen molar-refractivity contribution in [1.82, 2.24) is 24.4 Å². The van der Waals surface area contributed by atoms with Gasteiger partial charge in [-0.05, 0) is 30.5 Å². The first-order chi connectivity index (χ1) is 14.6. The molecule has 3 aromatic rings. The third kappa shape index (κ3) is 3.39. The second-order valence-electron chi connectivity index (χ2n) is 8.00. The number of thiazole rings is 1. The summed E-state index contributed by atoms with van der Waals surface area (Å²) in [6.07, 6.45) is 4.38. The van der Waals surface area contributed by atoms with E-state index in [-0.39, 0.29) is 22.9 Å². The summed E-state index contributed by atoms with van der Waals surface area (Å²) in [7, 11) is 1.71. The number of aromatic nitrogens is 4. The Morgan fingerprint density at radius 2 is 2.13 bits per heavy atom. The molecule has 0 radical (unpaired) electrons. The van der Waals surface area contributed by atoms with E-state index in [1.807, 2.05) is 22.1 Å². The molecule has 1 fully saturated rings. The minimum Gasteiger partial charge on any atom is -0.356 e. The number of anilines is 1. The zero-order valence-corrected chi connectivity index (χ0v) is 17.5. The van der Waals surface area contributed by atoms with Crippen molar-refractivity contribution >= 4 is 23.1 Å². The molecule has 154 valence electrons. The molecule has 2 aliphatic heterocycles. The Labute approximate surface area is 177 Å². The van der Waals surface area contributed by atoms with Crippen LogP contribution in [0.5, 0.6) is 0 Å². The van der Waals surface area contributed by atoms with Crippen molar-refractivity contribution in [1.29, 1.82) is 0 Å². The molecule has 2 bridgehead atoms. The lowest BCUT2D eigenvalue weighted by Crippen LogP contribution is -2.48. The van der Waals surface area contributed by atoms with Gasteiger partial charge in [0, 0.05) is 49.9 Å². The standard InChI is InChI=1S/C21H22N6O2S/c1-25(10-16-11-30-13-24-16)20(28)17-2-3-18-15-6-14(8-27(18)21(17)29)7-26(9-15)19-4-5-22-12-23-19/h2-5,11-15H,6-10H2,1H3/t14-,15+/m0/s1. The van der Waals surface area contributed by atoms with Crippen LogP contribution in [-0.4, -0.2) is 50.5 Å². The zero-order valence-electron chi connectivity index (χ0n) is 16.6. The van der Waals surface area contributed by atoms with Crippen molar-refractivity contribution in [2.24, 2.45) is 5.92 Å². The van der Waals surface area contributed by atoms with Gasteiger partial charge in [0.05, 0.1) is 17.7 Å². The number of carbonyl (C=O) groups excluding carboxylic acids is 1. The molecule has 8 nitrogen and oxygen atoms in total. The van der Waals surface area contributed by atoms with Crippen LogP contribution in [0, 0.1) is 5.92 Å². The lowest BCUT2D eigenvalue weighted by Gasteiger charge is -2.43. The molecular formula is C21H22N6O2S. The Kier molecular flexibility index (Phi) is 4.82. The van der Waals surface area contributed by atoms with Crippen molar-refractivity contribution in [2.45, 2.75) is 25.4 Å². The second kappa shape index (κ2) is 7.64. The monoisotopic (exact) mass is 422 g/mol. The topological polar surface area (TPSA) is 84.2 Å². The largest absolute Gasteiger partial charge is 0.356 e. The van der Waals surface area contributed by atoms with Crippen LogP contribution in [0.3, 0.4) is 0 Å². The predicted octanol–water partition coefficient (Wildman–Crippen LogP) is 1.99. The van der Waals surface area contributed by atoms with Crippen LogP contribution < -0.4 is 10.5 Å². The lowest BCUT2D eigenvalue weighted by molar-refractivity contribution is 0.0780. The fourth-order valence-corrected chi connectivity index (χ4v) is 5.15. The normalized spacial score (nSPS) is 20.0. The van der Waals surface area contributed by atoms with Crippen LogP contribution in [0.1, 0.15) is 34.1 Å². The van der Waals surface area contributed by atoms with Gasteiger partial charge in [-0.2, -0.15) is 0 Å². The summed E-state index contributed by atoms with van der Waals surface area (Å²) >= 11 is 1.49. The smallest absolute Gasteiger partial charge is 0.263 e. The molecule has 0 aromatic carbocycles. The average Bonchev–Trinajstić information content (AvgIpc) is 3.27. The molecule has 0 unspecified atom stereocenters. The van der Waals surface area contributed by atoms with E-state index in [0.717, 1.165) is 36.7 Å². The Morgan fingerprint density at radius 3 is 2.90 bits per heavy atom. The van der Waals surface area contributed by atoms with Crippen LogP contribution in [-0.2, 0) is 13.1 Å². The van der Waals surface area contributed by atoms with E-state index < -0.39 is 0 Å². The van der Waals surface area contributed by atoms with E-state index in [9.17, 15) is 9.59 Å². The highest BCUT2D eigenvalue weighted by atomic mass is 32.1. The Balaban J connectivity index is 1.41. The van der Waals surface area contributed by atoms with Gasteiger partial charge in [0.25, 0.3) is 11.5 Å². The van der Waals surface area contributed by atoms with E-state index in [4.69, 9.17) is 0 Å². The third-order valence-electron chi connectivity index (χ3n) is 5.95. The molecule has 9 heteroatoms. The highest BCUT2D eigenvalue weighted by molar-refractivity contribution is 7.07. The van der Waals surface area contributed by atoms with Gasteiger partial charge in [0.15, 0.2) is 0 Å². The number of amides is 1. The zero-order chi connectivity index (χ0) is 20.7. The molecule has 3 aromatic heterocycles. The molecule has 0 N–H and O–H groups in total. The van der Waals surface area contributed by atoms with Gasteiger partial charge in [-0.15, -0.1) is 11.3 Å². The third-order valence-corrected chi connectivity index (χ3v) is 6.59. The predicted molar refractivity (Wildman–Crippen MR) is 114 cm³/mol. The maximum atomic E-state index is 13.2. The van der Waals surface area contributed by atoms with Gasteiger partial charge >= 0.3 is 0 Å². The number of piperidine rings is 1. The first-order valence-corrected chi connectivity index (χ1v) is 10.9. The fraction of sp³-hybridized carbons (Fsp3) is 0.381. The van der Waals surface area contributed by atoms with Crippen LogP contribution in [0.4, 0.5) is 5.82 Å². The Bertz CT molecular complexity index is 1110.